The second kappa shape index (κ2) is 10.2. The van der Waals surface area contributed by atoms with Gasteiger partial charge < -0.3 is 10.1 Å². The summed E-state index contributed by atoms with van der Waals surface area (Å²) in [7, 11) is 1.58. The van der Waals surface area contributed by atoms with Crippen molar-refractivity contribution in [3.63, 3.8) is 0 Å². The highest BCUT2D eigenvalue weighted by molar-refractivity contribution is 7.07. The molecule has 0 unspecified atom stereocenters. The Morgan fingerprint density at radius 1 is 1.03 bits per heavy atom. The van der Waals surface area contributed by atoms with E-state index in [0.29, 0.717) is 21.7 Å². The number of hydrogen-bond donors (Lipinski definition) is 1. The highest BCUT2D eigenvalue weighted by Gasteiger charge is 2.17. The predicted octanol–water partition coefficient (Wildman–Crippen LogP) is 3.67. The molecule has 0 aliphatic carbocycles. The van der Waals surface area contributed by atoms with E-state index in [1.54, 1.807) is 43.5 Å². The summed E-state index contributed by atoms with van der Waals surface area (Å²) in [6, 6.07) is 23.9. The van der Waals surface area contributed by atoms with E-state index in [-0.39, 0.29) is 15.8 Å². The number of methoxy groups -OCH3 is 1. The molecule has 35 heavy (non-hydrogen) atoms. The molecule has 1 heterocycles. The van der Waals surface area contributed by atoms with Gasteiger partial charge in [0.1, 0.15) is 16.5 Å². The van der Waals surface area contributed by atoms with Crippen LogP contribution in [-0.4, -0.2) is 17.6 Å². The standard InChI is InChI=1S/C28H23N3O3S/c1-18-12-13-21(14-19(18)2)30-26(32)24(17-29)28-31(22-9-5-4-6-10-22)27(33)25(35-28)16-20-8-7-11-23(15-20)34-3/h4-16H,1-3H3,(H,30,32)/b25-16+,28-24+. The Morgan fingerprint density at radius 2 is 1.80 bits per heavy atom. The number of nitrogens with one attached hydrogen (secondary N) is 1. The number of benzene rings is 3. The SMILES string of the molecule is COc1cccc(/C=c2/s/c(=C(\C#N)C(=O)Nc3ccc(C)c(C)c3)n(-c3ccccc3)c2=O)c1. The summed E-state index contributed by atoms with van der Waals surface area (Å²) >= 11 is 1.10. The molecule has 0 fully saturated rings. The van der Waals surface area contributed by atoms with E-state index in [1.165, 1.54) is 4.57 Å². The minimum atomic E-state index is -0.574. The molecule has 174 valence electrons. The summed E-state index contributed by atoms with van der Waals surface area (Å²) < 4.78 is 7.35. The maximum absolute atomic E-state index is 13.5. The van der Waals surface area contributed by atoms with Gasteiger partial charge in [0, 0.05) is 5.69 Å². The van der Waals surface area contributed by atoms with Crippen LogP contribution in [-0.2, 0) is 4.79 Å². The quantitative estimate of drug-likeness (QED) is 0.472. The summed E-state index contributed by atoms with van der Waals surface area (Å²) in [6.45, 7) is 3.94. The number of carbonyl (C=O) groups excluding carboxylic acids is 1. The molecule has 4 aromatic rings. The van der Waals surface area contributed by atoms with Crippen LogP contribution in [0.2, 0.25) is 0 Å². The van der Waals surface area contributed by atoms with Crippen LogP contribution in [0.1, 0.15) is 16.7 Å². The number of aryl methyl sites for hydroxylation is 2. The lowest BCUT2D eigenvalue weighted by molar-refractivity contribution is -0.111. The molecule has 1 aromatic heterocycles. The molecule has 0 aliphatic heterocycles. The van der Waals surface area contributed by atoms with Gasteiger partial charge in [-0.25, -0.2) is 0 Å². The second-order valence-corrected chi connectivity index (χ2v) is 8.94. The number of ether oxygens (including phenoxy) is 1. The monoisotopic (exact) mass is 481 g/mol. The fourth-order valence-corrected chi connectivity index (χ4v) is 4.65. The third kappa shape index (κ3) is 5.08. The Hall–Kier alpha value is -4.41. The van der Waals surface area contributed by atoms with Crippen molar-refractivity contribution in [3.05, 3.63) is 109 Å². The van der Waals surface area contributed by atoms with Crippen molar-refractivity contribution in [1.29, 1.82) is 5.26 Å². The molecule has 0 saturated heterocycles. The van der Waals surface area contributed by atoms with Gasteiger partial charge in [-0.05, 0) is 73.0 Å². The molecule has 3 aromatic carbocycles. The van der Waals surface area contributed by atoms with Crippen molar-refractivity contribution in [3.8, 4) is 17.5 Å². The maximum Gasteiger partial charge on any atom is 0.273 e. The van der Waals surface area contributed by atoms with Crippen molar-refractivity contribution in [1.82, 2.24) is 4.57 Å². The number of nitriles is 1. The highest BCUT2D eigenvalue weighted by Crippen LogP contribution is 2.16. The molecule has 0 bridgehead atoms. The van der Waals surface area contributed by atoms with Crippen LogP contribution in [0, 0.1) is 25.2 Å². The highest BCUT2D eigenvalue weighted by atomic mass is 32.1. The van der Waals surface area contributed by atoms with Gasteiger partial charge in [-0.1, -0.05) is 36.4 Å². The van der Waals surface area contributed by atoms with Gasteiger partial charge in [-0.2, -0.15) is 5.26 Å². The number of hydrogen-bond acceptors (Lipinski definition) is 5. The Balaban J connectivity index is 1.93. The van der Waals surface area contributed by atoms with Crippen molar-refractivity contribution >= 4 is 34.6 Å². The van der Waals surface area contributed by atoms with Gasteiger partial charge in [0.25, 0.3) is 11.5 Å². The lowest BCUT2D eigenvalue weighted by Crippen LogP contribution is -2.32. The van der Waals surface area contributed by atoms with Crippen LogP contribution in [0.15, 0.2) is 77.6 Å². The number of amides is 1. The van der Waals surface area contributed by atoms with Crippen LogP contribution >= 0.6 is 11.3 Å². The average molecular weight is 482 g/mol. The van der Waals surface area contributed by atoms with Crippen LogP contribution < -0.4 is 24.8 Å². The van der Waals surface area contributed by atoms with Crippen LogP contribution in [0.5, 0.6) is 5.75 Å². The minimum Gasteiger partial charge on any atom is -0.497 e. The number of para-hydroxylation sites is 1. The lowest BCUT2D eigenvalue weighted by atomic mass is 10.1. The minimum absolute atomic E-state index is 0.139. The third-order valence-electron chi connectivity index (χ3n) is 5.55. The normalized spacial score (nSPS) is 12.1. The Labute approximate surface area is 206 Å². The zero-order chi connectivity index (χ0) is 24.9. The number of carbonyl (C=O) groups is 1. The molecule has 0 spiro atoms. The van der Waals surface area contributed by atoms with E-state index >= 15 is 0 Å². The van der Waals surface area contributed by atoms with Crippen LogP contribution in [0.4, 0.5) is 5.69 Å². The van der Waals surface area contributed by atoms with Crippen molar-refractivity contribution in [2.75, 3.05) is 12.4 Å². The summed E-state index contributed by atoms with van der Waals surface area (Å²) in [5.41, 5.74) is 3.59. The van der Waals surface area contributed by atoms with Gasteiger partial charge >= 0.3 is 0 Å². The largest absolute Gasteiger partial charge is 0.497 e. The van der Waals surface area contributed by atoms with E-state index in [1.807, 2.05) is 62.4 Å². The van der Waals surface area contributed by atoms with Gasteiger partial charge in [-0.3, -0.25) is 14.2 Å². The molecule has 0 radical (unpaired) electrons. The smallest absolute Gasteiger partial charge is 0.273 e. The molecule has 0 aliphatic rings. The first-order valence-corrected chi connectivity index (χ1v) is 11.7. The van der Waals surface area contributed by atoms with Crippen molar-refractivity contribution in [2.45, 2.75) is 13.8 Å². The average Bonchev–Trinajstić information content (AvgIpc) is 3.17. The van der Waals surface area contributed by atoms with Gasteiger partial charge in [0.2, 0.25) is 0 Å². The fraction of sp³-hybridized carbons (Fsp3) is 0.107. The number of rotatable bonds is 5. The summed E-state index contributed by atoms with van der Waals surface area (Å²) in [6.07, 6.45) is 1.73. The molecule has 7 heteroatoms. The molecule has 0 saturated carbocycles. The molecule has 4 rings (SSSR count). The predicted molar refractivity (Wildman–Crippen MR) is 139 cm³/mol. The topological polar surface area (TPSA) is 84.1 Å². The van der Waals surface area contributed by atoms with E-state index in [4.69, 9.17) is 4.74 Å². The first-order chi connectivity index (χ1) is 16.9. The lowest BCUT2D eigenvalue weighted by Gasteiger charge is -2.07. The van der Waals surface area contributed by atoms with Crippen molar-refractivity contribution in [2.24, 2.45) is 0 Å². The number of nitrogens with zero attached hydrogens (tertiary/aromatic N) is 2. The molecular formula is C28H23N3O3S. The van der Waals surface area contributed by atoms with E-state index < -0.39 is 5.91 Å². The van der Waals surface area contributed by atoms with E-state index in [2.05, 4.69) is 5.32 Å². The van der Waals surface area contributed by atoms with E-state index in [0.717, 1.165) is 28.0 Å². The van der Waals surface area contributed by atoms with Gasteiger partial charge in [0.05, 0.1) is 17.3 Å². The molecule has 1 amide bonds. The third-order valence-corrected chi connectivity index (χ3v) is 6.64. The van der Waals surface area contributed by atoms with Gasteiger partial charge in [0.15, 0.2) is 5.57 Å². The Morgan fingerprint density at radius 3 is 2.49 bits per heavy atom. The number of aromatic nitrogens is 1. The molecule has 1 N–H and O–H groups in total. The Bertz CT molecular complexity index is 1630. The van der Waals surface area contributed by atoms with Crippen molar-refractivity contribution < 1.29 is 9.53 Å². The van der Waals surface area contributed by atoms with Crippen LogP contribution in [0.25, 0.3) is 17.3 Å². The molecule has 0 atom stereocenters. The number of anilines is 1. The zero-order valence-electron chi connectivity index (χ0n) is 19.5. The molecule has 6 nitrogen and oxygen atoms in total. The summed E-state index contributed by atoms with van der Waals surface area (Å²) in [4.78, 5) is 26.7. The number of thiazole rings is 1. The van der Waals surface area contributed by atoms with E-state index in [9.17, 15) is 14.9 Å². The Kier molecular flexibility index (Phi) is 6.95. The first-order valence-electron chi connectivity index (χ1n) is 10.9. The summed E-state index contributed by atoms with van der Waals surface area (Å²) in [5, 5.41) is 12.8. The van der Waals surface area contributed by atoms with Gasteiger partial charge in [-0.15, -0.1) is 11.3 Å². The maximum atomic E-state index is 13.5. The fourth-order valence-electron chi connectivity index (χ4n) is 3.55. The van der Waals surface area contributed by atoms with Crippen LogP contribution in [0.3, 0.4) is 0 Å². The zero-order valence-corrected chi connectivity index (χ0v) is 20.3. The molecular weight excluding hydrogens is 458 g/mol. The first kappa shape index (κ1) is 23.7. The second-order valence-electron chi connectivity index (χ2n) is 7.91. The summed E-state index contributed by atoms with van der Waals surface area (Å²) in [5.74, 6) is 0.0885.